The van der Waals surface area contributed by atoms with Crippen LogP contribution in [-0.2, 0) is 9.84 Å². The van der Waals surface area contributed by atoms with Crippen LogP contribution in [0.5, 0.6) is 0 Å². The number of benzene rings is 1. The maximum absolute atomic E-state index is 11.5. The van der Waals surface area contributed by atoms with Gasteiger partial charge in [0, 0.05) is 18.5 Å². The topological polar surface area (TPSA) is 106 Å². The van der Waals surface area contributed by atoms with Crippen molar-refractivity contribution in [2.24, 2.45) is 0 Å². The smallest absolute Gasteiger partial charge is 0.360 e. The third-order valence-electron chi connectivity index (χ3n) is 2.52. The first-order valence-corrected chi connectivity index (χ1v) is 7.32. The van der Waals surface area contributed by atoms with Crippen LogP contribution in [0.3, 0.4) is 0 Å². The summed E-state index contributed by atoms with van der Waals surface area (Å²) in [7, 11) is -3.39. The zero-order chi connectivity index (χ0) is 14.9. The maximum Gasteiger partial charge on any atom is 0.360 e. The van der Waals surface area contributed by atoms with Crippen molar-refractivity contribution in [1.29, 1.82) is 0 Å². The number of carbonyl (C=O) groups is 1. The molecule has 7 nitrogen and oxygen atoms in total. The van der Waals surface area contributed by atoms with Crippen molar-refractivity contribution in [3.8, 4) is 5.69 Å². The van der Waals surface area contributed by atoms with Gasteiger partial charge < -0.3 is 5.11 Å². The average Bonchev–Trinajstić information content (AvgIpc) is 2.38. The van der Waals surface area contributed by atoms with Gasteiger partial charge in [0.2, 0.25) is 11.1 Å². The first kappa shape index (κ1) is 13.9. The van der Waals surface area contributed by atoms with E-state index in [1.807, 2.05) is 0 Å². The standard InChI is InChI=1S/C12H10N2O5S/c1-20(18,19)9-4-2-3-8(7-9)14-6-5-10(15)11(13-14)12(16)17/h2-7H,1H3,(H,16,17). The Kier molecular flexibility index (Phi) is 3.41. The fourth-order valence-corrected chi connectivity index (χ4v) is 2.22. The number of carboxylic acid groups (broad SMARTS) is 1. The summed E-state index contributed by atoms with van der Waals surface area (Å²) in [6, 6.07) is 6.88. The van der Waals surface area contributed by atoms with Gasteiger partial charge in [-0.1, -0.05) is 6.07 Å². The quantitative estimate of drug-likeness (QED) is 0.874. The third kappa shape index (κ3) is 2.75. The van der Waals surface area contributed by atoms with Crippen LogP contribution in [0.25, 0.3) is 5.69 Å². The second kappa shape index (κ2) is 4.89. The third-order valence-corrected chi connectivity index (χ3v) is 3.63. The number of hydrogen-bond acceptors (Lipinski definition) is 5. The predicted molar refractivity (Wildman–Crippen MR) is 69.9 cm³/mol. The summed E-state index contributed by atoms with van der Waals surface area (Å²) in [5.41, 5.74) is -0.999. The van der Waals surface area contributed by atoms with Crippen LogP contribution in [0.2, 0.25) is 0 Å². The van der Waals surface area contributed by atoms with E-state index in [-0.39, 0.29) is 4.90 Å². The molecule has 1 heterocycles. The second-order valence-corrected chi connectivity index (χ2v) is 6.06. The molecule has 20 heavy (non-hydrogen) atoms. The van der Waals surface area contributed by atoms with Gasteiger partial charge in [-0.2, -0.15) is 5.10 Å². The Balaban J connectivity index is 2.61. The molecule has 0 aliphatic heterocycles. The van der Waals surface area contributed by atoms with Crippen molar-refractivity contribution in [2.45, 2.75) is 4.90 Å². The van der Waals surface area contributed by atoms with E-state index in [9.17, 15) is 18.0 Å². The number of carboxylic acids is 1. The van der Waals surface area contributed by atoms with Crippen molar-refractivity contribution in [3.63, 3.8) is 0 Å². The lowest BCUT2D eigenvalue weighted by Gasteiger charge is -2.07. The summed E-state index contributed by atoms with van der Waals surface area (Å²) in [6.07, 6.45) is 2.34. The molecule has 0 spiro atoms. The highest BCUT2D eigenvalue weighted by Gasteiger charge is 2.12. The summed E-state index contributed by atoms with van der Waals surface area (Å²) < 4.78 is 24.1. The van der Waals surface area contributed by atoms with Gasteiger partial charge >= 0.3 is 5.97 Å². The van der Waals surface area contributed by atoms with Crippen molar-refractivity contribution in [1.82, 2.24) is 9.78 Å². The zero-order valence-electron chi connectivity index (χ0n) is 10.3. The van der Waals surface area contributed by atoms with Gasteiger partial charge in [-0.05, 0) is 18.2 Å². The number of aromatic carboxylic acids is 1. The van der Waals surface area contributed by atoms with Gasteiger partial charge in [0.25, 0.3) is 0 Å². The Labute approximate surface area is 114 Å². The molecular weight excluding hydrogens is 284 g/mol. The first-order valence-electron chi connectivity index (χ1n) is 5.43. The van der Waals surface area contributed by atoms with E-state index in [0.29, 0.717) is 5.69 Å². The zero-order valence-corrected chi connectivity index (χ0v) is 11.2. The van der Waals surface area contributed by atoms with Gasteiger partial charge in [0.1, 0.15) is 0 Å². The highest BCUT2D eigenvalue weighted by Crippen LogP contribution is 2.13. The maximum atomic E-state index is 11.5. The highest BCUT2D eigenvalue weighted by molar-refractivity contribution is 7.90. The van der Waals surface area contributed by atoms with E-state index in [1.165, 1.54) is 24.4 Å². The average molecular weight is 294 g/mol. The predicted octanol–water partition coefficient (Wildman–Crippen LogP) is 0.334. The molecule has 8 heteroatoms. The van der Waals surface area contributed by atoms with Crippen molar-refractivity contribution >= 4 is 15.8 Å². The van der Waals surface area contributed by atoms with Crippen molar-refractivity contribution < 1.29 is 18.3 Å². The Morgan fingerprint density at radius 1 is 1.30 bits per heavy atom. The van der Waals surface area contributed by atoms with Gasteiger partial charge in [-0.3, -0.25) is 4.79 Å². The van der Waals surface area contributed by atoms with Crippen LogP contribution >= 0.6 is 0 Å². The minimum atomic E-state index is -3.39. The van der Waals surface area contributed by atoms with E-state index >= 15 is 0 Å². The first-order chi connectivity index (χ1) is 9.29. The second-order valence-electron chi connectivity index (χ2n) is 4.05. The highest BCUT2D eigenvalue weighted by atomic mass is 32.2. The molecule has 0 amide bonds. The molecule has 0 radical (unpaired) electrons. The molecular formula is C12H10N2O5S. The number of nitrogens with zero attached hydrogens (tertiary/aromatic N) is 2. The molecule has 1 N–H and O–H groups in total. The lowest BCUT2D eigenvalue weighted by Crippen LogP contribution is -2.20. The van der Waals surface area contributed by atoms with E-state index in [4.69, 9.17) is 5.11 Å². The Hall–Kier alpha value is -2.48. The van der Waals surface area contributed by atoms with Crippen molar-refractivity contribution in [2.75, 3.05) is 6.26 Å². The van der Waals surface area contributed by atoms with Crippen molar-refractivity contribution in [3.05, 3.63) is 52.4 Å². The van der Waals surface area contributed by atoms with Crippen LogP contribution in [0, 0.1) is 0 Å². The van der Waals surface area contributed by atoms with Crippen LogP contribution in [-0.4, -0.2) is 35.5 Å². The minimum Gasteiger partial charge on any atom is -0.476 e. The SMILES string of the molecule is CS(=O)(=O)c1cccc(-n2ccc(=O)c(C(=O)O)n2)c1. The number of aromatic nitrogens is 2. The Morgan fingerprint density at radius 3 is 2.60 bits per heavy atom. The van der Waals surface area contributed by atoms with Gasteiger partial charge in [0.15, 0.2) is 9.84 Å². The molecule has 1 aromatic carbocycles. The lowest BCUT2D eigenvalue weighted by atomic mass is 10.3. The van der Waals surface area contributed by atoms with Crippen LogP contribution < -0.4 is 5.43 Å². The van der Waals surface area contributed by atoms with Gasteiger partial charge in [-0.25, -0.2) is 17.9 Å². The number of sulfone groups is 1. The fourth-order valence-electron chi connectivity index (χ4n) is 1.56. The lowest BCUT2D eigenvalue weighted by molar-refractivity contribution is 0.0687. The molecule has 0 saturated carbocycles. The Morgan fingerprint density at radius 2 is 2.00 bits per heavy atom. The summed E-state index contributed by atoms with van der Waals surface area (Å²) >= 11 is 0. The molecule has 0 saturated heterocycles. The van der Waals surface area contributed by atoms with Gasteiger partial charge in [-0.15, -0.1) is 0 Å². The van der Waals surface area contributed by atoms with E-state index in [0.717, 1.165) is 17.0 Å². The van der Waals surface area contributed by atoms with Crippen LogP contribution in [0.1, 0.15) is 10.5 Å². The molecule has 0 aliphatic carbocycles. The monoisotopic (exact) mass is 294 g/mol. The fraction of sp³-hybridized carbons (Fsp3) is 0.0833. The molecule has 0 bridgehead atoms. The normalized spacial score (nSPS) is 11.2. The molecule has 104 valence electrons. The van der Waals surface area contributed by atoms with Gasteiger partial charge in [0.05, 0.1) is 10.6 Å². The Bertz CT molecular complexity index is 839. The van der Waals surface area contributed by atoms with E-state index < -0.39 is 26.9 Å². The molecule has 0 aliphatic rings. The molecule has 1 aromatic heterocycles. The van der Waals surface area contributed by atoms with Crippen LogP contribution in [0.15, 0.2) is 46.2 Å². The summed E-state index contributed by atoms with van der Waals surface area (Å²) in [5, 5.41) is 12.5. The molecule has 2 rings (SSSR count). The van der Waals surface area contributed by atoms with Crippen LogP contribution in [0.4, 0.5) is 0 Å². The molecule has 0 fully saturated rings. The van der Waals surface area contributed by atoms with E-state index in [1.54, 1.807) is 6.07 Å². The summed E-state index contributed by atoms with van der Waals surface area (Å²) in [6.45, 7) is 0. The number of rotatable bonds is 3. The molecule has 0 atom stereocenters. The summed E-state index contributed by atoms with van der Waals surface area (Å²) in [4.78, 5) is 22.3. The largest absolute Gasteiger partial charge is 0.476 e. The molecule has 0 unspecified atom stereocenters. The minimum absolute atomic E-state index is 0.0763. The number of hydrogen-bond donors (Lipinski definition) is 1. The molecule has 2 aromatic rings. The van der Waals surface area contributed by atoms with E-state index in [2.05, 4.69) is 5.10 Å². The summed E-state index contributed by atoms with van der Waals surface area (Å²) in [5.74, 6) is -1.44.